The second-order valence-corrected chi connectivity index (χ2v) is 8.40. The first-order valence-electron chi connectivity index (χ1n) is 9.55. The number of nitrogens with zero attached hydrogens (tertiary/aromatic N) is 1. The van der Waals surface area contributed by atoms with Crippen molar-refractivity contribution in [1.82, 2.24) is 10.6 Å². The first-order chi connectivity index (χ1) is 12.8. The summed E-state index contributed by atoms with van der Waals surface area (Å²) in [4.78, 5) is 38.5. The van der Waals surface area contributed by atoms with Crippen molar-refractivity contribution in [3.63, 3.8) is 0 Å². The lowest BCUT2D eigenvalue weighted by Gasteiger charge is -2.22. The van der Waals surface area contributed by atoms with E-state index in [2.05, 4.69) is 15.6 Å². The minimum absolute atomic E-state index is 0.0330. The van der Waals surface area contributed by atoms with Crippen molar-refractivity contribution in [3.8, 4) is 0 Å². The predicted octanol–water partition coefficient (Wildman–Crippen LogP) is 3.82. The van der Waals surface area contributed by atoms with Gasteiger partial charge >= 0.3 is 18.2 Å². The number of ether oxygens (including phenoxy) is 2. The highest BCUT2D eigenvalue weighted by Crippen LogP contribution is 2.08. The minimum Gasteiger partial charge on any atom is -0.481 e. The van der Waals surface area contributed by atoms with Gasteiger partial charge in [0.15, 0.2) is 0 Å². The number of amides is 2. The highest BCUT2D eigenvalue weighted by molar-refractivity contribution is 6.01. The average Bonchev–Trinajstić information content (AvgIpc) is 2.45. The molecule has 0 aromatic carbocycles. The molecule has 3 N–H and O–H groups in total. The maximum atomic E-state index is 11.9. The third kappa shape index (κ3) is 17.1. The normalized spacial score (nSPS) is 11.4. The van der Waals surface area contributed by atoms with Crippen LogP contribution in [-0.4, -0.2) is 47.0 Å². The summed E-state index contributed by atoms with van der Waals surface area (Å²) in [5.74, 6) is -0.815. The molecule has 9 heteroatoms. The van der Waals surface area contributed by atoms with Crippen LogP contribution in [0.2, 0.25) is 0 Å². The first-order valence-corrected chi connectivity index (χ1v) is 9.55. The van der Waals surface area contributed by atoms with Crippen LogP contribution < -0.4 is 10.6 Å². The maximum Gasteiger partial charge on any atom is 0.414 e. The molecular formula is C19H35N3O6. The van der Waals surface area contributed by atoms with Gasteiger partial charge in [0.05, 0.1) is 0 Å². The van der Waals surface area contributed by atoms with Gasteiger partial charge < -0.3 is 14.6 Å². The van der Waals surface area contributed by atoms with Gasteiger partial charge in [0.2, 0.25) is 5.96 Å². The molecule has 0 radical (unpaired) electrons. The van der Waals surface area contributed by atoms with Crippen LogP contribution in [0.15, 0.2) is 4.99 Å². The van der Waals surface area contributed by atoms with Crippen LogP contribution >= 0.6 is 0 Å². The number of carboxylic acid groups (broad SMARTS) is 1. The zero-order valence-electron chi connectivity index (χ0n) is 17.9. The van der Waals surface area contributed by atoms with Crippen LogP contribution in [0.4, 0.5) is 9.59 Å². The lowest BCUT2D eigenvalue weighted by Crippen LogP contribution is -2.47. The summed E-state index contributed by atoms with van der Waals surface area (Å²) in [7, 11) is 0. The molecule has 162 valence electrons. The zero-order chi connectivity index (χ0) is 21.8. The summed E-state index contributed by atoms with van der Waals surface area (Å²) in [6, 6.07) is 0. The first kappa shape index (κ1) is 25.7. The van der Waals surface area contributed by atoms with Gasteiger partial charge in [0.25, 0.3) is 0 Å². The molecule has 0 fully saturated rings. The van der Waals surface area contributed by atoms with Crippen LogP contribution in [0.25, 0.3) is 0 Å². The molecule has 0 saturated heterocycles. The quantitative estimate of drug-likeness (QED) is 0.322. The number of guanidine groups is 1. The van der Waals surface area contributed by atoms with E-state index < -0.39 is 29.4 Å². The number of nitrogens with one attached hydrogen (secondary N) is 2. The Hall–Kier alpha value is -2.32. The molecular weight excluding hydrogens is 366 g/mol. The highest BCUT2D eigenvalue weighted by Gasteiger charge is 2.21. The van der Waals surface area contributed by atoms with E-state index in [0.717, 1.165) is 25.7 Å². The molecule has 0 unspecified atom stereocenters. The molecule has 0 aliphatic carbocycles. The lowest BCUT2D eigenvalue weighted by atomic mass is 10.1. The number of aliphatic imine (C=N–C) groups is 1. The van der Waals surface area contributed by atoms with Crippen molar-refractivity contribution in [2.45, 2.75) is 91.3 Å². The molecule has 0 aliphatic rings. The van der Waals surface area contributed by atoms with E-state index >= 15 is 0 Å². The summed E-state index contributed by atoms with van der Waals surface area (Å²) in [6.07, 6.45) is 2.74. The van der Waals surface area contributed by atoms with Gasteiger partial charge in [0, 0.05) is 13.0 Å². The number of carbonyl (C=O) groups excluding carboxylic acids is 2. The van der Waals surface area contributed by atoms with Crippen LogP contribution in [-0.2, 0) is 14.3 Å². The van der Waals surface area contributed by atoms with Gasteiger partial charge in [-0.3, -0.25) is 20.4 Å². The van der Waals surface area contributed by atoms with E-state index in [0.29, 0.717) is 13.0 Å². The Bertz CT molecular complexity index is 515. The predicted molar refractivity (Wildman–Crippen MR) is 106 cm³/mol. The number of alkyl carbamates (subject to hydrolysis) is 2. The fourth-order valence-electron chi connectivity index (χ4n) is 2.02. The Morgan fingerprint density at radius 3 is 1.64 bits per heavy atom. The Morgan fingerprint density at radius 1 is 0.786 bits per heavy atom. The van der Waals surface area contributed by atoms with Gasteiger partial charge in [0.1, 0.15) is 11.2 Å². The highest BCUT2D eigenvalue weighted by atomic mass is 16.6. The van der Waals surface area contributed by atoms with Crippen LogP contribution in [0.5, 0.6) is 0 Å². The van der Waals surface area contributed by atoms with E-state index in [1.807, 2.05) is 0 Å². The van der Waals surface area contributed by atoms with Gasteiger partial charge in [-0.1, -0.05) is 19.3 Å². The van der Waals surface area contributed by atoms with E-state index in [-0.39, 0.29) is 12.4 Å². The molecule has 28 heavy (non-hydrogen) atoms. The molecule has 0 atom stereocenters. The topological polar surface area (TPSA) is 126 Å². The summed E-state index contributed by atoms with van der Waals surface area (Å²) in [5, 5.41) is 13.4. The van der Waals surface area contributed by atoms with Crippen molar-refractivity contribution in [3.05, 3.63) is 0 Å². The summed E-state index contributed by atoms with van der Waals surface area (Å²) >= 11 is 0. The molecule has 0 saturated carbocycles. The number of aliphatic carboxylic acids is 1. The number of hydrogen-bond acceptors (Lipinski definition) is 6. The Kier molecular flexibility index (Phi) is 11.2. The molecule has 0 aromatic rings. The van der Waals surface area contributed by atoms with Crippen LogP contribution in [0, 0.1) is 0 Å². The third-order valence-corrected chi connectivity index (χ3v) is 3.06. The number of rotatable bonds is 8. The second-order valence-electron chi connectivity index (χ2n) is 8.40. The monoisotopic (exact) mass is 401 g/mol. The van der Waals surface area contributed by atoms with Crippen LogP contribution in [0.3, 0.4) is 0 Å². The van der Waals surface area contributed by atoms with Crippen molar-refractivity contribution < 1.29 is 29.0 Å². The fraction of sp³-hybridized carbons (Fsp3) is 0.789. The Balaban J connectivity index is 4.57. The summed E-state index contributed by atoms with van der Waals surface area (Å²) < 4.78 is 10.3. The summed E-state index contributed by atoms with van der Waals surface area (Å²) in [6.45, 7) is 10.8. The second kappa shape index (κ2) is 12.2. The molecule has 0 heterocycles. The third-order valence-electron chi connectivity index (χ3n) is 3.06. The number of carbonyl (C=O) groups is 3. The maximum absolute atomic E-state index is 11.9. The van der Waals surface area contributed by atoms with E-state index in [9.17, 15) is 14.4 Å². The van der Waals surface area contributed by atoms with Crippen LogP contribution in [0.1, 0.15) is 80.1 Å². The molecule has 0 spiro atoms. The van der Waals surface area contributed by atoms with Gasteiger partial charge in [-0.25, -0.2) is 9.59 Å². The zero-order valence-corrected chi connectivity index (χ0v) is 17.9. The summed E-state index contributed by atoms with van der Waals surface area (Å²) in [5.41, 5.74) is -1.37. The van der Waals surface area contributed by atoms with Gasteiger partial charge in [-0.05, 0) is 54.4 Å². The van der Waals surface area contributed by atoms with Crippen molar-refractivity contribution in [1.29, 1.82) is 0 Å². The number of carboxylic acids is 1. The minimum atomic E-state index is -0.782. The molecule has 0 rings (SSSR count). The van der Waals surface area contributed by atoms with E-state index in [4.69, 9.17) is 14.6 Å². The molecule has 0 aromatic heterocycles. The number of hydrogen-bond donors (Lipinski definition) is 3. The van der Waals surface area contributed by atoms with Crippen molar-refractivity contribution in [2.75, 3.05) is 6.54 Å². The standard InChI is InChI=1S/C19H35N3O6/c1-18(2,3)27-16(25)21-15(22-17(26)28-19(4,5)6)20-13-11-9-7-8-10-12-14(23)24/h7-13H2,1-6H3,(H,23,24)(H2,20,21,22,25,26). The smallest absolute Gasteiger partial charge is 0.414 e. The molecule has 0 aliphatic heterocycles. The van der Waals surface area contributed by atoms with Gasteiger partial charge in [-0.15, -0.1) is 0 Å². The average molecular weight is 402 g/mol. The Morgan fingerprint density at radius 2 is 1.21 bits per heavy atom. The van der Waals surface area contributed by atoms with Crippen molar-refractivity contribution >= 4 is 24.1 Å². The largest absolute Gasteiger partial charge is 0.481 e. The SMILES string of the molecule is CC(C)(C)OC(=O)NC(=NCCCCCCCC(=O)O)NC(=O)OC(C)(C)C. The van der Waals surface area contributed by atoms with E-state index in [1.165, 1.54) is 0 Å². The molecule has 9 nitrogen and oxygen atoms in total. The van der Waals surface area contributed by atoms with Crippen molar-refractivity contribution in [2.24, 2.45) is 4.99 Å². The molecule has 0 bridgehead atoms. The van der Waals surface area contributed by atoms with Gasteiger partial charge in [-0.2, -0.15) is 0 Å². The van der Waals surface area contributed by atoms with E-state index in [1.54, 1.807) is 41.5 Å². The lowest BCUT2D eigenvalue weighted by molar-refractivity contribution is -0.137. The molecule has 2 amide bonds. The number of unbranched alkanes of at least 4 members (excludes halogenated alkanes) is 4. The Labute approximate surface area is 167 Å². The fourth-order valence-corrected chi connectivity index (χ4v) is 2.02.